The molecule has 2 aromatic rings. The van der Waals surface area contributed by atoms with Gasteiger partial charge in [0.15, 0.2) is 0 Å². The van der Waals surface area contributed by atoms with Crippen LogP contribution in [0, 0.1) is 0 Å². The lowest BCUT2D eigenvalue weighted by molar-refractivity contribution is -0.116. The highest BCUT2D eigenvalue weighted by atomic mass is 32.2. The molecular formula is C16H14N2O4S. The molecule has 0 aliphatic carbocycles. The van der Waals surface area contributed by atoms with Crippen molar-refractivity contribution in [3.63, 3.8) is 0 Å². The third-order valence-corrected chi connectivity index (χ3v) is 5.14. The van der Waals surface area contributed by atoms with Gasteiger partial charge in [-0.2, -0.15) is 0 Å². The molecule has 1 aliphatic heterocycles. The van der Waals surface area contributed by atoms with Crippen molar-refractivity contribution in [2.24, 2.45) is 0 Å². The first-order chi connectivity index (χ1) is 11.0. The maximum absolute atomic E-state index is 12.3. The van der Waals surface area contributed by atoms with Crippen LogP contribution in [-0.2, 0) is 14.8 Å². The van der Waals surface area contributed by atoms with Gasteiger partial charge in [-0.15, -0.1) is 0 Å². The van der Waals surface area contributed by atoms with Gasteiger partial charge in [0.2, 0.25) is 15.9 Å². The van der Waals surface area contributed by atoms with E-state index in [9.17, 15) is 18.0 Å². The van der Waals surface area contributed by atoms with Crippen LogP contribution in [0.1, 0.15) is 16.8 Å². The Morgan fingerprint density at radius 2 is 1.78 bits per heavy atom. The Balaban J connectivity index is 1.88. The second kappa shape index (κ2) is 5.85. The molecule has 0 spiro atoms. The van der Waals surface area contributed by atoms with Crippen LogP contribution in [0.25, 0.3) is 0 Å². The first kappa shape index (κ1) is 15.2. The molecule has 1 aliphatic rings. The van der Waals surface area contributed by atoms with E-state index >= 15 is 0 Å². The summed E-state index contributed by atoms with van der Waals surface area (Å²) in [5.41, 5.74) is 1.10. The fourth-order valence-electron chi connectivity index (χ4n) is 2.37. The van der Waals surface area contributed by atoms with Crippen molar-refractivity contribution < 1.29 is 18.0 Å². The number of hydrogen-bond donors (Lipinski definition) is 1. The third-order valence-electron chi connectivity index (χ3n) is 3.45. The number of carbonyl (C=O) groups excluding carboxylic acids is 2. The molecule has 2 amide bonds. The van der Waals surface area contributed by atoms with E-state index in [1.165, 1.54) is 12.1 Å². The lowest BCUT2D eigenvalue weighted by Gasteiger charge is -2.15. The standard InChI is InChI=1S/C16H14N2O4S/c19-15-9-10-23(21,22)18(15)14-8-4-5-12(11-14)16(20)17-13-6-2-1-3-7-13/h1-8,11H,9-10H2,(H,17,20). The molecule has 6 nitrogen and oxygen atoms in total. The molecule has 7 heteroatoms. The van der Waals surface area contributed by atoms with Crippen molar-refractivity contribution in [1.29, 1.82) is 0 Å². The van der Waals surface area contributed by atoms with Gasteiger partial charge in [-0.3, -0.25) is 9.59 Å². The monoisotopic (exact) mass is 330 g/mol. The highest BCUT2D eigenvalue weighted by Gasteiger charge is 2.36. The van der Waals surface area contributed by atoms with Gasteiger partial charge in [-0.1, -0.05) is 24.3 Å². The molecule has 0 unspecified atom stereocenters. The molecule has 118 valence electrons. The third kappa shape index (κ3) is 3.09. The molecule has 0 radical (unpaired) electrons. The number of carbonyl (C=O) groups is 2. The van der Waals surface area contributed by atoms with Crippen LogP contribution in [-0.4, -0.2) is 26.0 Å². The number of hydrogen-bond acceptors (Lipinski definition) is 4. The summed E-state index contributed by atoms with van der Waals surface area (Å²) in [6.07, 6.45) is -0.0389. The first-order valence-corrected chi connectivity index (χ1v) is 8.60. The van der Waals surface area contributed by atoms with Gasteiger partial charge in [-0.05, 0) is 30.3 Å². The van der Waals surface area contributed by atoms with Crippen LogP contribution in [0.4, 0.5) is 11.4 Å². The van der Waals surface area contributed by atoms with Crippen LogP contribution in [0.3, 0.4) is 0 Å². The van der Waals surface area contributed by atoms with Crippen LogP contribution >= 0.6 is 0 Å². The van der Waals surface area contributed by atoms with Crippen LogP contribution in [0.2, 0.25) is 0 Å². The Labute approximate surface area is 133 Å². The van der Waals surface area contributed by atoms with E-state index in [-0.39, 0.29) is 29.3 Å². The maximum Gasteiger partial charge on any atom is 0.255 e. The van der Waals surface area contributed by atoms with Gasteiger partial charge in [0.1, 0.15) is 0 Å². The Hall–Kier alpha value is -2.67. The topological polar surface area (TPSA) is 83.6 Å². The summed E-state index contributed by atoms with van der Waals surface area (Å²) in [5.74, 6) is -1.06. The summed E-state index contributed by atoms with van der Waals surface area (Å²) >= 11 is 0. The number of nitrogens with zero attached hydrogens (tertiary/aromatic N) is 1. The Kier molecular flexibility index (Phi) is 3.87. The van der Waals surface area contributed by atoms with Crippen molar-refractivity contribution in [1.82, 2.24) is 0 Å². The average Bonchev–Trinajstić information content (AvgIpc) is 2.81. The van der Waals surface area contributed by atoms with E-state index in [1.54, 1.807) is 36.4 Å². The second-order valence-corrected chi connectivity index (χ2v) is 7.03. The zero-order valence-corrected chi connectivity index (χ0v) is 12.9. The van der Waals surface area contributed by atoms with Gasteiger partial charge < -0.3 is 5.32 Å². The van der Waals surface area contributed by atoms with Gasteiger partial charge in [0.25, 0.3) is 5.91 Å². The summed E-state index contributed by atoms with van der Waals surface area (Å²) in [5, 5.41) is 2.72. The van der Waals surface area contributed by atoms with E-state index in [2.05, 4.69) is 5.32 Å². The highest BCUT2D eigenvalue weighted by molar-refractivity contribution is 7.94. The fourth-order valence-corrected chi connectivity index (χ4v) is 3.82. The normalized spacial score (nSPS) is 16.3. The Bertz CT molecular complexity index is 863. The lowest BCUT2D eigenvalue weighted by atomic mass is 10.1. The molecule has 1 N–H and O–H groups in total. The van der Waals surface area contributed by atoms with E-state index < -0.39 is 15.9 Å². The average molecular weight is 330 g/mol. The molecule has 1 fully saturated rings. The highest BCUT2D eigenvalue weighted by Crippen LogP contribution is 2.26. The Morgan fingerprint density at radius 3 is 2.43 bits per heavy atom. The lowest BCUT2D eigenvalue weighted by Crippen LogP contribution is -2.29. The van der Waals surface area contributed by atoms with Gasteiger partial charge in [0.05, 0.1) is 11.4 Å². The number of rotatable bonds is 3. The zero-order valence-electron chi connectivity index (χ0n) is 12.1. The van der Waals surface area contributed by atoms with Gasteiger partial charge >= 0.3 is 0 Å². The smallest absolute Gasteiger partial charge is 0.255 e. The number of anilines is 2. The molecule has 0 atom stereocenters. The Morgan fingerprint density at radius 1 is 1.04 bits per heavy atom. The molecule has 23 heavy (non-hydrogen) atoms. The fraction of sp³-hybridized carbons (Fsp3) is 0.125. The van der Waals surface area contributed by atoms with E-state index in [1.807, 2.05) is 6.07 Å². The number of nitrogens with one attached hydrogen (secondary N) is 1. The predicted octanol–water partition coefficient (Wildman–Crippen LogP) is 2.01. The van der Waals surface area contributed by atoms with Gasteiger partial charge in [0, 0.05) is 17.7 Å². The van der Waals surface area contributed by atoms with E-state index in [0.717, 1.165) is 4.31 Å². The maximum atomic E-state index is 12.3. The van der Waals surface area contributed by atoms with Gasteiger partial charge in [-0.25, -0.2) is 12.7 Å². The van der Waals surface area contributed by atoms with Crippen molar-refractivity contribution in [2.75, 3.05) is 15.4 Å². The number of benzene rings is 2. The van der Waals surface area contributed by atoms with Crippen molar-refractivity contribution in [3.05, 3.63) is 60.2 Å². The molecule has 1 saturated heterocycles. The van der Waals surface area contributed by atoms with E-state index in [4.69, 9.17) is 0 Å². The molecular weight excluding hydrogens is 316 g/mol. The number of sulfonamides is 1. The predicted molar refractivity (Wildman–Crippen MR) is 86.7 cm³/mol. The number of para-hydroxylation sites is 1. The molecule has 0 saturated carbocycles. The molecule has 0 bridgehead atoms. The largest absolute Gasteiger partial charge is 0.322 e. The van der Waals surface area contributed by atoms with Crippen LogP contribution in [0.5, 0.6) is 0 Å². The van der Waals surface area contributed by atoms with Crippen molar-refractivity contribution in [3.8, 4) is 0 Å². The SMILES string of the molecule is O=C(Nc1ccccc1)c1cccc(N2C(=O)CCS2(=O)=O)c1. The summed E-state index contributed by atoms with van der Waals surface area (Å²) in [6.45, 7) is 0. The summed E-state index contributed by atoms with van der Waals surface area (Å²) in [6, 6.07) is 14.9. The minimum absolute atomic E-state index is 0.0389. The molecule has 0 aromatic heterocycles. The molecule has 3 rings (SSSR count). The van der Waals surface area contributed by atoms with E-state index in [0.29, 0.717) is 5.69 Å². The summed E-state index contributed by atoms with van der Waals surface area (Å²) in [7, 11) is -3.64. The van der Waals surface area contributed by atoms with Crippen molar-refractivity contribution >= 4 is 33.2 Å². The summed E-state index contributed by atoms with van der Waals surface area (Å²) < 4.78 is 24.7. The molecule has 2 aromatic carbocycles. The van der Waals surface area contributed by atoms with Crippen LogP contribution in [0.15, 0.2) is 54.6 Å². The first-order valence-electron chi connectivity index (χ1n) is 7.00. The second-order valence-electron chi connectivity index (χ2n) is 5.09. The minimum Gasteiger partial charge on any atom is -0.322 e. The quantitative estimate of drug-likeness (QED) is 0.933. The van der Waals surface area contributed by atoms with Crippen LogP contribution < -0.4 is 9.62 Å². The zero-order chi connectivity index (χ0) is 16.4. The van der Waals surface area contributed by atoms with Crippen molar-refractivity contribution in [2.45, 2.75) is 6.42 Å². The molecule has 1 heterocycles. The summed E-state index contributed by atoms with van der Waals surface area (Å²) in [4.78, 5) is 24.1. The number of amides is 2. The minimum atomic E-state index is -3.64.